The van der Waals surface area contributed by atoms with E-state index in [0.717, 1.165) is 18.9 Å². The molecule has 1 aromatic rings. The van der Waals surface area contributed by atoms with Gasteiger partial charge in [-0.05, 0) is 57.2 Å². The zero-order valence-corrected chi connectivity index (χ0v) is 12.4. The van der Waals surface area contributed by atoms with Gasteiger partial charge in [-0.2, -0.15) is 0 Å². The SMILES string of the molecule is CCC(C)(CN)N1CCC(Cc2ccccc2)CC1. The van der Waals surface area contributed by atoms with Crippen LogP contribution in [0.1, 0.15) is 38.7 Å². The monoisotopic (exact) mass is 260 g/mol. The zero-order valence-electron chi connectivity index (χ0n) is 12.4. The molecule has 0 amide bonds. The number of nitrogens with two attached hydrogens (primary N) is 1. The molecule has 1 atom stereocenters. The summed E-state index contributed by atoms with van der Waals surface area (Å²) < 4.78 is 0. The first-order chi connectivity index (χ1) is 9.18. The van der Waals surface area contributed by atoms with Crippen LogP contribution in [0.3, 0.4) is 0 Å². The van der Waals surface area contributed by atoms with E-state index in [1.807, 2.05) is 0 Å². The molecule has 106 valence electrons. The first-order valence-corrected chi connectivity index (χ1v) is 7.67. The Morgan fingerprint density at radius 3 is 2.37 bits per heavy atom. The molecule has 0 radical (unpaired) electrons. The molecule has 0 aliphatic carbocycles. The van der Waals surface area contributed by atoms with Gasteiger partial charge in [-0.3, -0.25) is 4.90 Å². The Kier molecular flexibility index (Phi) is 5.00. The number of hydrogen-bond donors (Lipinski definition) is 1. The topological polar surface area (TPSA) is 29.3 Å². The first-order valence-electron chi connectivity index (χ1n) is 7.67. The average molecular weight is 260 g/mol. The molecule has 19 heavy (non-hydrogen) atoms. The fraction of sp³-hybridized carbons (Fsp3) is 0.647. The van der Waals surface area contributed by atoms with Crippen LogP contribution in [-0.2, 0) is 6.42 Å². The first kappa shape index (κ1) is 14.5. The van der Waals surface area contributed by atoms with Gasteiger partial charge in [0.15, 0.2) is 0 Å². The van der Waals surface area contributed by atoms with E-state index in [1.54, 1.807) is 0 Å². The number of piperidine rings is 1. The summed E-state index contributed by atoms with van der Waals surface area (Å²) in [6.45, 7) is 7.75. The van der Waals surface area contributed by atoms with Crippen molar-refractivity contribution in [2.45, 2.75) is 45.1 Å². The van der Waals surface area contributed by atoms with Crippen molar-refractivity contribution in [3.63, 3.8) is 0 Å². The van der Waals surface area contributed by atoms with Crippen molar-refractivity contribution in [1.82, 2.24) is 4.90 Å². The minimum atomic E-state index is 0.206. The number of nitrogens with zero attached hydrogens (tertiary/aromatic N) is 1. The molecule has 0 bridgehead atoms. The second kappa shape index (κ2) is 6.53. The van der Waals surface area contributed by atoms with Crippen LogP contribution in [0, 0.1) is 5.92 Å². The molecular weight excluding hydrogens is 232 g/mol. The van der Waals surface area contributed by atoms with Gasteiger partial charge in [-0.1, -0.05) is 37.3 Å². The summed E-state index contributed by atoms with van der Waals surface area (Å²) in [6, 6.07) is 10.9. The molecule has 1 unspecified atom stereocenters. The molecule has 2 nitrogen and oxygen atoms in total. The summed E-state index contributed by atoms with van der Waals surface area (Å²) in [5, 5.41) is 0. The molecular formula is C17H28N2. The Morgan fingerprint density at radius 1 is 1.21 bits per heavy atom. The Balaban J connectivity index is 1.86. The molecule has 1 aliphatic rings. The summed E-state index contributed by atoms with van der Waals surface area (Å²) in [7, 11) is 0. The smallest absolute Gasteiger partial charge is 0.0300 e. The second-order valence-electron chi connectivity index (χ2n) is 6.17. The minimum absolute atomic E-state index is 0.206. The maximum Gasteiger partial charge on any atom is 0.0300 e. The molecule has 2 heteroatoms. The zero-order chi connectivity index (χ0) is 13.7. The average Bonchev–Trinajstić information content (AvgIpc) is 2.48. The van der Waals surface area contributed by atoms with E-state index in [0.29, 0.717) is 0 Å². The van der Waals surface area contributed by atoms with Crippen LogP contribution in [0.15, 0.2) is 30.3 Å². The van der Waals surface area contributed by atoms with Crippen LogP contribution in [0.5, 0.6) is 0 Å². The van der Waals surface area contributed by atoms with Crippen LogP contribution in [0.4, 0.5) is 0 Å². The molecule has 0 spiro atoms. The van der Waals surface area contributed by atoms with Gasteiger partial charge < -0.3 is 5.73 Å². The lowest BCUT2D eigenvalue weighted by atomic mass is 9.86. The van der Waals surface area contributed by atoms with E-state index in [9.17, 15) is 0 Å². The van der Waals surface area contributed by atoms with Crippen LogP contribution in [0.2, 0.25) is 0 Å². The molecule has 2 N–H and O–H groups in total. The van der Waals surface area contributed by atoms with Crippen molar-refractivity contribution in [3.8, 4) is 0 Å². The van der Waals surface area contributed by atoms with E-state index >= 15 is 0 Å². The number of rotatable bonds is 5. The molecule has 0 saturated carbocycles. The van der Waals surface area contributed by atoms with E-state index in [2.05, 4.69) is 49.1 Å². The van der Waals surface area contributed by atoms with E-state index < -0.39 is 0 Å². The van der Waals surface area contributed by atoms with Crippen molar-refractivity contribution < 1.29 is 0 Å². The Bertz CT molecular complexity index is 362. The van der Waals surface area contributed by atoms with E-state index in [1.165, 1.54) is 37.9 Å². The summed E-state index contributed by atoms with van der Waals surface area (Å²) >= 11 is 0. The number of likely N-dealkylation sites (tertiary alicyclic amines) is 1. The molecule has 1 heterocycles. The highest BCUT2D eigenvalue weighted by molar-refractivity contribution is 5.15. The molecule has 0 aromatic heterocycles. The highest BCUT2D eigenvalue weighted by Crippen LogP contribution is 2.27. The predicted molar refractivity (Wildman–Crippen MR) is 82.2 cm³/mol. The summed E-state index contributed by atoms with van der Waals surface area (Å²) in [6.07, 6.45) is 5.00. The van der Waals surface area contributed by atoms with Crippen LogP contribution in [0.25, 0.3) is 0 Å². The van der Waals surface area contributed by atoms with E-state index in [-0.39, 0.29) is 5.54 Å². The van der Waals surface area contributed by atoms with Crippen molar-refractivity contribution in [2.75, 3.05) is 19.6 Å². The summed E-state index contributed by atoms with van der Waals surface area (Å²) in [4.78, 5) is 2.61. The lowest BCUT2D eigenvalue weighted by Crippen LogP contribution is -2.54. The highest BCUT2D eigenvalue weighted by atomic mass is 15.2. The quantitative estimate of drug-likeness (QED) is 0.881. The molecule has 1 aliphatic heterocycles. The fourth-order valence-corrected chi connectivity index (χ4v) is 3.12. The Morgan fingerprint density at radius 2 is 1.84 bits per heavy atom. The largest absolute Gasteiger partial charge is 0.329 e. The summed E-state index contributed by atoms with van der Waals surface area (Å²) in [5.41, 5.74) is 7.66. The van der Waals surface area contributed by atoms with Crippen LogP contribution < -0.4 is 5.73 Å². The fourth-order valence-electron chi connectivity index (χ4n) is 3.12. The maximum absolute atomic E-state index is 5.96. The van der Waals surface area contributed by atoms with Gasteiger partial charge in [-0.25, -0.2) is 0 Å². The van der Waals surface area contributed by atoms with Crippen molar-refractivity contribution in [3.05, 3.63) is 35.9 Å². The van der Waals surface area contributed by atoms with Gasteiger partial charge in [0, 0.05) is 12.1 Å². The summed E-state index contributed by atoms with van der Waals surface area (Å²) in [5.74, 6) is 0.845. The second-order valence-corrected chi connectivity index (χ2v) is 6.17. The lowest BCUT2D eigenvalue weighted by molar-refractivity contribution is 0.0646. The normalized spacial score (nSPS) is 21.2. The third kappa shape index (κ3) is 3.58. The molecule has 1 saturated heterocycles. The van der Waals surface area contributed by atoms with Gasteiger partial charge in [0.05, 0.1) is 0 Å². The van der Waals surface area contributed by atoms with Crippen LogP contribution >= 0.6 is 0 Å². The Hall–Kier alpha value is -0.860. The minimum Gasteiger partial charge on any atom is -0.329 e. The molecule has 2 rings (SSSR count). The standard InChI is InChI=1S/C17H28N2/c1-3-17(2,14-18)19-11-9-16(10-12-19)13-15-7-5-4-6-8-15/h4-8,16H,3,9-14,18H2,1-2H3. The molecule has 1 aromatic carbocycles. The Labute approximate surface area is 118 Å². The number of benzene rings is 1. The maximum atomic E-state index is 5.96. The van der Waals surface area contributed by atoms with Gasteiger partial charge in [0.25, 0.3) is 0 Å². The third-order valence-corrected chi connectivity index (χ3v) is 4.95. The van der Waals surface area contributed by atoms with Crippen LogP contribution in [-0.4, -0.2) is 30.1 Å². The van der Waals surface area contributed by atoms with Gasteiger partial charge >= 0.3 is 0 Å². The van der Waals surface area contributed by atoms with E-state index in [4.69, 9.17) is 5.73 Å². The van der Waals surface area contributed by atoms with Crippen molar-refractivity contribution in [1.29, 1.82) is 0 Å². The van der Waals surface area contributed by atoms with Gasteiger partial charge in [0.1, 0.15) is 0 Å². The van der Waals surface area contributed by atoms with Crippen molar-refractivity contribution >= 4 is 0 Å². The van der Waals surface area contributed by atoms with Crippen molar-refractivity contribution in [2.24, 2.45) is 11.7 Å². The van der Waals surface area contributed by atoms with Gasteiger partial charge in [0.2, 0.25) is 0 Å². The van der Waals surface area contributed by atoms with Gasteiger partial charge in [-0.15, -0.1) is 0 Å². The lowest BCUT2D eigenvalue weighted by Gasteiger charge is -2.44. The highest BCUT2D eigenvalue weighted by Gasteiger charge is 2.31. The predicted octanol–water partition coefficient (Wildman–Crippen LogP) is 3.07. The molecule has 1 fully saturated rings. The third-order valence-electron chi connectivity index (χ3n) is 4.95. The number of hydrogen-bond acceptors (Lipinski definition) is 2.